The molecular formula is C13H13ClN2O. The monoisotopic (exact) mass is 248 g/mol. The van der Waals surface area contributed by atoms with Crippen molar-refractivity contribution in [3.05, 3.63) is 52.8 Å². The fourth-order valence-corrected chi connectivity index (χ4v) is 1.53. The second kappa shape index (κ2) is 5.06. The van der Waals surface area contributed by atoms with Crippen LogP contribution in [0.5, 0.6) is 5.75 Å². The van der Waals surface area contributed by atoms with Crippen molar-refractivity contribution in [2.24, 2.45) is 0 Å². The third-order valence-corrected chi connectivity index (χ3v) is 2.75. The Morgan fingerprint density at radius 2 is 2.00 bits per heavy atom. The van der Waals surface area contributed by atoms with E-state index >= 15 is 0 Å². The Balaban J connectivity index is 2.02. The van der Waals surface area contributed by atoms with Gasteiger partial charge in [0.1, 0.15) is 17.5 Å². The van der Waals surface area contributed by atoms with Crippen molar-refractivity contribution < 1.29 is 4.74 Å². The number of nitrogen functional groups attached to an aromatic ring is 1. The Hall–Kier alpha value is -1.74. The number of ether oxygens (including phenoxy) is 1. The number of halogens is 1. The number of pyridine rings is 1. The second-order valence-corrected chi connectivity index (χ2v) is 4.17. The van der Waals surface area contributed by atoms with Crippen LogP contribution in [0.2, 0.25) is 5.15 Å². The molecule has 0 radical (unpaired) electrons. The lowest BCUT2D eigenvalue weighted by atomic mass is 10.2. The number of aromatic nitrogens is 1. The summed E-state index contributed by atoms with van der Waals surface area (Å²) in [6.07, 6.45) is 1.71. The fourth-order valence-electron chi connectivity index (χ4n) is 1.43. The number of aryl methyl sites for hydroxylation is 1. The zero-order valence-corrected chi connectivity index (χ0v) is 10.2. The Kier molecular flexibility index (Phi) is 3.49. The predicted molar refractivity (Wildman–Crippen MR) is 69.2 cm³/mol. The molecule has 0 fully saturated rings. The minimum Gasteiger partial charge on any atom is -0.489 e. The molecule has 0 saturated carbocycles. The number of nitrogens with two attached hydrogens (primary N) is 1. The maximum Gasteiger partial charge on any atom is 0.131 e. The quantitative estimate of drug-likeness (QED) is 0.670. The van der Waals surface area contributed by atoms with E-state index in [9.17, 15) is 0 Å². The molecule has 1 aromatic carbocycles. The Morgan fingerprint density at radius 3 is 2.65 bits per heavy atom. The third kappa shape index (κ3) is 3.11. The van der Waals surface area contributed by atoms with Crippen molar-refractivity contribution >= 4 is 17.3 Å². The first kappa shape index (κ1) is 11.7. The molecule has 2 N–H and O–H groups in total. The highest BCUT2D eigenvalue weighted by atomic mass is 35.5. The molecule has 0 bridgehead atoms. The average molecular weight is 249 g/mol. The lowest BCUT2D eigenvalue weighted by Crippen LogP contribution is -1.97. The molecule has 0 amide bonds. The molecule has 1 heterocycles. The van der Waals surface area contributed by atoms with Crippen LogP contribution >= 0.6 is 11.6 Å². The summed E-state index contributed by atoms with van der Waals surface area (Å²) < 4.78 is 5.60. The average Bonchev–Trinajstić information content (AvgIpc) is 2.33. The van der Waals surface area contributed by atoms with E-state index < -0.39 is 0 Å². The van der Waals surface area contributed by atoms with Gasteiger partial charge >= 0.3 is 0 Å². The molecule has 4 heteroatoms. The van der Waals surface area contributed by atoms with Crippen LogP contribution in [-0.4, -0.2) is 4.98 Å². The van der Waals surface area contributed by atoms with Crippen molar-refractivity contribution in [3.63, 3.8) is 0 Å². The Bertz CT molecular complexity index is 511. The number of hydrogen-bond acceptors (Lipinski definition) is 3. The number of hydrogen-bond donors (Lipinski definition) is 1. The van der Waals surface area contributed by atoms with Crippen LogP contribution < -0.4 is 10.5 Å². The largest absolute Gasteiger partial charge is 0.489 e. The highest BCUT2D eigenvalue weighted by molar-refractivity contribution is 6.30. The molecule has 2 rings (SSSR count). The van der Waals surface area contributed by atoms with Gasteiger partial charge in [0.25, 0.3) is 0 Å². The first-order valence-corrected chi connectivity index (χ1v) is 5.62. The van der Waals surface area contributed by atoms with Crippen molar-refractivity contribution in [2.45, 2.75) is 13.5 Å². The lowest BCUT2D eigenvalue weighted by molar-refractivity contribution is 0.305. The molecule has 0 aliphatic carbocycles. The van der Waals surface area contributed by atoms with Crippen LogP contribution in [0.15, 0.2) is 36.5 Å². The van der Waals surface area contributed by atoms with E-state index in [2.05, 4.69) is 4.98 Å². The maximum absolute atomic E-state index is 5.85. The molecule has 0 unspecified atom stereocenters. The highest BCUT2D eigenvalue weighted by Gasteiger charge is 2.00. The Labute approximate surface area is 105 Å². The van der Waals surface area contributed by atoms with Gasteiger partial charge in [-0.15, -0.1) is 0 Å². The molecule has 2 aromatic rings. The normalized spacial score (nSPS) is 10.2. The number of benzene rings is 1. The molecule has 88 valence electrons. The molecule has 0 spiro atoms. The molecule has 1 aromatic heterocycles. The first-order chi connectivity index (χ1) is 8.15. The van der Waals surface area contributed by atoms with Gasteiger partial charge in [-0.05, 0) is 42.8 Å². The topological polar surface area (TPSA) is 48.1 Å². The molecule has 0 saturated heterocycles. The van der Waals surface area contributed by atoms with Crippen LogP contribution in [0.1, 0.15) is 11.1 Å². The van der Waals surface area contributed by atoms with E-state index in [-0.39, 0.29) is 0 Å². The predicted octanol–water partition coefficient (Wildman–Crippen LogP) is 3.20. The van der Waals surface area contributed by atoms with Crippen LogP contribution in [0.3, 0.4) is 0 Å². The third-order valence-electron chi connectivity index (χ3n) is 2.36. The van der Waals surface area contributed by atoms with Gasteiger partial charge in [-0.25, -0.2) is 4.98 Å². The van der Waals surface area contributed by atoms with E-state index in [1.54, 1.807) is 18.3 Å². The van der Waals surface area contributed by atoms with E-state index in [1.807, 2.05) is 25.1 Å². The van der Waals surface area contributed by atoms with Crippen LogP contribution in [0, 0.1) is 6.92 Å². The minimum atomic E-state index is 0.467. The van der Waals surface area contributed by atoms with Gasteiger partial charge in [-0.3, -0.25) is 0 Å². The fraction of sp³-hybridized carbons (Fsp3) is 0.154. The van der Waals surface area contributed by atoms with Crippen LogP contribution in [0.4, 0.5) is 5.69 Å². The van der Waals surface area contributed by atoms with Crippen molar-refractivity contribution in [1.82, 2.24) is 4.98 Å². The van der Waals surface area contributed by atoms with E-state index in [1.165, 1.54) is 0 Å². The number of rotatable bonds is 3. The first-order valence-electron chi connectivity index (χ1n) is 5.24. The van der Waals surface area contributed by atoms with Gasteiger partial charge < -0.3 is 10.5 Å². The highest BCUT2D eigenvalue weighted by Crippen LogP contribution is 2.17. The van der Waals surface area contributed by atoms with Gasteiger partial charge in [0.2, 0.25) is 0 Å². The van der Waals surface area contributed by atoms with E-state index in [4.69, 9.17) is 22.1 Å². The van der Waals surface area contributed by atoms with Crippen molar-refractivity contribution in [3.8, 4) is 5.75 Å². The van der Waals surface area contributed by atoms with Crippen molar-refractivity contribution in [2.75, 3.05) is 5.73 Å². The van der Waals surface area contributed by atoms with Gasteiger partial charge in [-0.2, -0.15) is 0 Å². The van der Waals surface area contributed by atoms with Gasteiger partial charge in [0, 0.05) is 17.4 Å². The smallest absolute Gasteiger partial charge is 0.131 e. The van der Waals surface area contributed by atoms with Crippen LogP contribution in [0.25, 0.3) is 0 Å². The maximum atomic E-state index is 5.85. The Morgan fingerprint density at radius 1 is 1.29 bits per heavy atom. The molecule has 0 aliphatic rings. The van der Waals surface area contributed by atoms with Gasteiger partial charge in [0.15, 0.2) is 0 Å². The molecule has 3 nitrogen and oxygen atoms in total. The summed E-state index contributed by atoms with van der Waals surface area (Å²) in [6.45, 7) is 2.39. The van der Waals surface area contributed by atoms with Gasteiger partial charge in [-0.1, -0.05) is 11.6 Å². The standard InChI is InChI=1S/C13H13ClN2O/c1-9-6-10(7-16-13(9)14)8-17-12-4-2-11(15)3-5-12/h2-7H,8,15H2,1H3. The summed E-state index contributed by atoms with van der Waals surface area (Å²) in [4.78, 5) is 4.07. The second-order valence-electron chi connectivity index (χ2n) is 3.81. The summed E-state index contributed by atoms with van der Waals surface area (Å²) in [5.74, 6) is 0.784. The summed E-state index contributed by atoms with van der Waals surface area (Å²) in [5.41, 5.74) is 8.25. The van der Waals surface area contributed by atoms with Crippen LogP contribution in [-0.2, 0) is 6.61 Å². The minimum absolute atomic E-state index is 0.467. The summed E-state index contributed by atoms with van der Waals surface area (Å²) in [7, 11) is 0. The van der Waals surface area contributed by atoms with E-state index in [0.717, 1.165) is 22.6 Å². The zero-order valence-electron chi connectivity index (χ0n) is 9.48. The summed E-state index contributed by atoms with van der Waals surface area (Å²) in [6, 6.07) is 9.26. The van der Waals surface area contributed by atoms with Crippen molar-refractivity contribution in [1.29, 1.82) is 0 Å². The SMILES string of the molecule is Cc1cc(COc2ccc(N)cc2)cnc1Cl. The lowest BCUT2D eigenvalue weighted by Gasteiger charge is -2.07. The van der Waals surface area contributed by atoms with E-state index in [0.29, 0.717) is 11.8 Å². The molecule has 17 heavy (non-hydrogen) atoms. The molecule has 0 atom stereocenters. The summed E-state index contributed by atoms with van der Waals surface area (Å²) >= 11 is 5.85. The molecular weight excluding hydrogens is 236 g/mol. The number of anilines is 1. The summed E-state index contributed by atoms with van der Waals surface area (Å²) in [5, 5.41) is 0.529. The number of nitrogens with zero attached hydrogens (tertiary/aromatic N) is 1. The molecule has 0 aliphatic heterocycles. The zero-order chi connectivity index (χ0) is 12.3. The van der Waals surface area contributed by atoms with Gasteiger partial charge in [0.05, 0.1) is 0 Å².